The summed E-state index contributed by atoms with van der Waals surface area (Å²) in [7, 11) is 0. The number of rotatable bonds is 2. The van der Waals surface area contributed by atoms with Crippen LogP contribution >= 0.6 is 11.6 Å². The third-order valence-corrected chi connectivity index (χ3v) is 2.69. The zero-order chi connectivity index (χ0) is 12.4. The molecule has 0 radical (unpaired) electrons. The summed E-state index contributed by atoms with van der Waals surface area (Å²) in [6.45, 7) is 1.91. The van der Waals surface area contributed by atoms with E-state index in [1.807, 2.05) is 19.1 Å². The van der Waals surface area contributed by atoms with Crippen LogP contribution in [0.4, 0.5) is 21.5 Å². The van der Waals surface area contributed by atoms with Crippen LogP contribution in [0, 0.1) is 12.7 Å². The highest BCUT2D eigenvalue weighted by atomic mass is 35.5. The van der Waals surface area contributed by atoms with Gasteiger partial charge in [0.15, 0.2) is 0 Å². The van der Waals surface area contributed by atoms with Crippen LogP contribution in [0.25, 0.3) is 0 Å². The Balaban J connectivity index is 2.31. The van der Waals surface area contributed by atoms with Crippen molar-refractivity contribution < 1.29 is 4.39 Å². The Bertz CT molecular complexity index is 506. The van der Waals surface area contributed by atoms with E-state index in [2.05, 4.69) is 5.32 Å². The first-order valence-electron chi connectivity index (χ1n) is 5.14. The van der Waals surface area contributed by atoms with Crippen LogP contribution in [0.15, 0.2) is 36.4 Å². The van der Waals surface area contributed by atoms with E-state index < -0.39 is 0 Å². The molecule has 4 heteroatoms. The van der Waals surface area contributed by atoms with Crippen LogP contribution in [0.3, 0.4) is 0 Å². The van der Waals surface area contributed by atoms with Crippen molar-refractivity contribution >= 4 is 28.7 Å². The van der Waals surface area contributed by atoms with Gasteiger partial charge < -0.3 is 11.1 Å². The SMILES string of the molecule is Cc1cc(N)ccc1Nc1ccc(Cl)cc1F. The Hall–Kier alpha value is -1.74. The lowest BCUT2D eigenvalue weighted by molar-refractivity contribution is 0.632. The molecule has 0 saturated heterocycles. The first-order valence-corrected chi connectivity index (χ1v) is 5.52. The number of nitrogen functional groups attached to an aromatic ring is 1. The second kappa shape index (κ2) is 4.63. The quantitative estimate of drug-likeness (QED) is 0.787. The first-order chi connectivity index (χ1) is 8.06. The molecule has 0 saturated carbocycles. The molecule has 0 aromatic heterocycles. The summed E-state index contributed by atoms with van der Waals surface area (Å²) >= 11 is 5.69. The molecule has 17 heavy (non-hydrogen) atoms. The van der Waals surface area contributed by atoms with Crippen LogP contribution < -0.4 is 11.1 Å². The van der Waals surface area contributed by atoms with Crippen LogP contribution in [-0.4, -0.2) is 0 Å². The molecule has 0 aliphatic heterocycles. The highest BCUT2D eigenvalue weighted by Crippen LogP contribution is 2.25. The van der Waals surface area contributed by atoms with E-state index in [0.29, 0.717) is 16.4 Å². The van der Waals surface area contributed by atoms with Crippen molar-refractivity contribution in [3.8, 4) is 0 Å². The minimum Gasteiger partial charge on any atom is -0.399 e. The predicted molar refractivity (Wildman–Crippen MR) is 70.3 cm³/mol. The normalized spacial score (nSPS) is 10.3. The Kier molecular flexibility index (Phi) is 3.20. The molecule has 0 aliphatic rings. The maximum Gasteiger partial charge on any atom is 0.148 e. The number of aryl methyl sites for hydroxylation is 1. The van der Waals surface area contributed by atoms with E-state index in [-0.39, 0.29) is 5.82 Å². The maximum atomic E-state index is 13.6. The molecule has 2 aromatic carbocycles. The van der Waals surface area contributed by atoms with E-state index >= 15 is 0 Å². The number of nitrogens with two attached hydrogens (primary N) is 1. The molecule has 3 N–H and O–H groups in total. The second-order valence-corrected chi connectivity index (χ2v) is 4.26. The maximum absolute atomic E-state index is 13.6. The van der Waals surface area contributed by atoms with Gasteiger partial charge in [0.05, 0.1) is 5.69 Å². The number of hydrogen-bond donors (Lipinski definition) is 2. The first kappa shape index (κ1) is 11.7. The Morgan fingerprint density at radius 1 is 1.12 bits per heavy atom. The molecule has 2 aromatic rings. The summed E-state index contributed by atoms with van der Waals surface area (Å²) in [6.07, 6.45) is 0. The summed E-state index contributed by atoms with van der Waals surface area (Å²) < 4.78 is 13.6. The summed E-state index contributed by atoms with van der Waals surface area (Å²) in [5.41, 5.74) is 8.50. The van der Waals surface area contributed by atoms with Crippen LogP contribution in [0.2, 0.25) is 5.02 Å². The molecule has 0 heterocycles. The molecule has 2 nitrogen and oxygen atoms in total. The van der Waals surface area contributed by atoms with E-state index in [1.54, 1.807) is 18.2 Å². The van der Waals surface area contributed by atoms with Crippen molar-refractivity contribution in [2.45, 2.75) is 6.92 Å². The Labute approximate surface area is 104 Å². The third kappa shape index (κ3) is 2.68. The second-order valence-electron chi connectivity index (χ2n) is 3.82. The van der Waals surface area contributed by atoms with Gasteiger partial charge in [-0.3, -0.25) is 0 Å². The number of nitrogens with one attached hydrogen (secondary N) is 1. The molecule has 2 rings (SSSR count). The van der Waals surface area contributed by atoms with E-state index in [4.69, 9.17) is 17.3 Å². The lowest BCUT2D eigenvalue weighted by Crippen LogP contribution is -1.97. The fraction of sp³-hybridized carbons (Fsp3) is 0.0769. The smallest absolute Gasteiger partial charge is 0.148 e. The molecule has 0 atom stereocenters. The number of hydrogen-bond acceptors (Lipinski definition) is 2. The highest BCUT2D eigenvalue weighted by molar-refractivity contribution is 6.30. The van der Waals surface area contributed by atoms with Gasteiger partial charge in [-0.1, -0.05) is 11.6 Å². The molecule has 0 amide bonds. The van der Waals surface area contributed by atoms with Crippen molar-refractivity contribution in [3.63, 3.8) is 0 Å². The summed E-state index contributed by atoms with van der Waals surface area (Å²) in [5.74, 6) is -0.381. The topological polar surface area (TPSA) is 38.0 Å². The van der Waals surface area contributed by atoms with E-state index in [1.165, 1.54) is 6.07 Å². The standard InChI is InChI=1S/C13H12ClFN2/c1-8-6-10(16)3-5-12(8)17-13-4-2-9(14)7-11(13)15/h2-7,17H,16H2,1H3. The summed E-state index contributed by atoms with van der Waals surface area (Å²) in [4.78, 5) is 0. The number of anilines is 3. The zero-order valence-corrected chi connectivity index (χ0v) is 10.1. The zero-order valence-electron chi connectivity index (χ0n) is 9.30. The average molecular weight is 251 g/mol. The molecule has 88 valence electrons. The van der Waals surface area contributed by atoms with Crippen molar-refractivity contribution in [2.75, 3.05) is 11.1 Å². The van der Waals surface area contributed by atoms with Crippen LogP contribution in [0.1, 0.15) is 5.56 Å². The Morgan fingerprint density at radius 3 is 2.47 bits per heavy atom. The number of benzene rings is 2. The van der Waals surface area contributed by atoms with Gasteiger partial charge >= 0.3 is 0 Å². The van der Waals surface area contributed by atoms with Crippen molar-refractivity contribution in [1.82, 2.24) is 0 Å². The van der Waals surface area contributed by atoms with Crippen molar-refractivity contribution in [3.05, 3.63) is 52.8 Å². The molecule has 0 fully saturated rings. The monoisotopic (exact) mass is 250 g/mol. The van der Waals surface area contributed by atoms with Crippen molar-refractivity contribution in [2.24, 2.45) is 0 Å². The fourth-order valence-electron chi connectivity index (χ4n) is 1.56. The van der Waals surface area contributed by atoms with Gasteiger partial charge in [-0.25, -0.2) is 4.39 Å². The highest BCUT2D eigenvalue weighted by Gasteiger charge is 2.05. The molecular formula is C13H12ClFN2. The molecule has 0 bridgehead atoms. The van der Waals surface area contributed by atoms with Gasteiger partial charge in [-0.15, -0.1) is 0 Å². The van der Waals surface area contributed by atoms with Gasteiger partial charge in [-0.05, 0) is 48.9 Å². The van der Waals surface area contributed by atoms with Gasteiger partial charge in [0.2, 0.25) is 0 Å². The van der Waals surface area contributed by atoms with Gasteiger partial charge in [0.1, 0.15) is 5.82 Å². The van der Waals surface area contributed by atoms with Crippen LogP contribution in [-0.2, 0) is 0 Å². The Morgan fingerprint density at radius 2 is 1.82 bits per heavy atom. The van der Waals surface area contributed by atoms with Gasteiger partial charge in [0.25, 0.3) is 0 Å². The lowest BCUT2D eigenvalue weighted by Gasteiger charge is -2.11. The third-order valence-electron chi connectivity index (χ3n) is 2.45. The number of halogens is 2. The van der Waals surface area contributed by atoms with Crippen LogP contribution in [0.5, 0.6) is 0 Å². The molecular weight excluding hydrogens is 239 g/mol. The van der Waals surface area contributed by atoms with E-state index in [0.717, 1.165) is 11.3 Å². The summed E-state index contributed by atoms with van der Waals surface area (Å²) in [5, 5.41) is 3.38. The molecule has 0 aliphatic carbocycles. The fourth-order valence-corrected chi connectivity index (χ4v) is 1.72. The van der Waals surface area contributed by atoms with Gasteiger partial charge in [0, 0.05) is 16.4 Å². The minimum absolute atomic E-state index is 0.377. The lowest BCUT2D eigenvalue weighted by atomic mass is 10.1. The van der Waals surface area contributed by atoms with E-state index in [9.17, 15) is 4.39 Å². The summed E-state index contributed by atoms with van der Waals surface area (Å²) in [6, 6.07) is 9.93. The molecule has 0 unspecified atom stereocenters. The predicted octanol–water partition coefficient (Wildman–Crippen LogP) is 4.11. The molecule has 0 spiro atoms. The minimum atomic E-state index is -0.381. The largest absolute Gasteiger partial charge is 0.399 e. The average Bonchev–Trinajstić information content (AvgIpc) is 2.25. The van der Waals surface area contributed by atoms with Gasteiger partial charge in [-0.2, -0.15) is 0 Å². The van der Waals surface area contributed by atoms with Crippen molar-refractivity contribution in [1.29, 1.82) is 0 Å².